The zero-order valence-electron chi connectivity index (χ0n) is 16.5. The van der Waals surface area contributed by atoms with Crippen molar-refractivity contribution < 1.29 is 24.4 Å². The van der Waals surface area contributed by atoms with E-state index < -0.39 is 6.10 Å². The van der Waals surface area contributed by atoms with Crippen LogP contribution in [-0.4, -0.2) is 73.9 Å². The lowest BCUT2D eigenvalue weighted by atomic mass is 9.98. The molecule has 0 aromatic heterocycles. The van der Waals surface area contributed by atoms with Gasteiger partial charge in [-0.05, 0) is 37.6 Å². The highest BCUT2D eigenvalue weighted by Crippen LogP contribution is 2.20. The van der Waals surface area contributed by atoms with Gasteiger partial charge in [0, 0.05) is 13.1 Å². The smallest absolute Gasteiger partial charge is 0.119 e. The Balaban J connectivity index is 1.61. The van der Waals surface area contributed by atoms with Gasteiger partial charge >= 0.3 is 0 Å². The van der Waals surface area contributed by atoms with Gasteiger partial charge in [-0.1, -0.05) is 31.4 Å². The maximum Gasteiger partial charge on any atom is 0.119 e. The summed E-state index contributed by atoms with van der Waals surface area (Å²) in [7, 11) is 2.01. The monoisotopic (exact) mass is 381 g/mol. The van der Waals surface area contributed by atoms with Crippen LogP contribution in [0.2, 0.25) is 0 Å². The molecule has 0 radical (unpaired) electrons. The first-order chi connectivity index (χ1) is 13.2. The van der Waals surface area contributed by atoms with E-state index in [9.17, 15) is 5.11 Å². The van der Waals surface area contributed by atoms with Gasteiger partial charge in [0.1, 0.15) is 12.4 Å². The van der Waals surface area contributed by atoms with Gasteiger partial charge < -0.3 is 24.4 Å². The molecule has 154 valence electrons. The van der Waals surface area contributed by atoms with Crippen LogP contribution in [0.3, 0.4) is 0 Å². The predicted molar refractivity (Wildman–Crippen MR) is 105 cm³/mol. The third-order valence-corrected chi connectivity index (χ3v) is 4.71. The normalized spacial score (nSPS) is 16.6. The average molecular weight is 382 g/mol. The molecule has 1 aromatic rings. The molecule has 1 aliphatic carbocycles. The molecule has 1 unspecified atom stereocenters. The molecule has 2 rings (SSSR count). The van der Waals surface area contributed by atoms with Gasteiger partial charge in [-0.2, -0.15) is 0 Å². The SMILES string of the molecule is CN(Cc1ccc(OCCOCCO)cc1)CC(O)COC1CCCCC1. The highest BCUT2D eigenvalue weighted by molar-refractivity contribution is 5.27. The lowest BCUT2D eigenvalue weighted by molar-refractivity contribution is -0.0319. The fourth-order valence-electron chi connectivity index (χ4n) is 3.34. The third-order valence-electron chi connectivity index (χ3n) is 4.71. The largest absolute Gasteiger partial charge is 0.491 e. The molecule has 1 atom stereocenters. The second-order valence-corrected chi connectivity index (χ2v) is 7.27. The zero-order valence-corrected chi connectivity index (χ0v) is 16.5. The summed E-state index contributed by atoms with van der Waals surface area (Å²) < 4.78 is 16.6. The summed E-state index contributed by atoms with van der Waals surface area (Å²) >= 11 is 0. The van der Waals surface area contributed by atoms with Crippen LogP contribution in [0, 0.1) is 0 Å². The second kappa shape index (κ2) is 13.1. The quantitative estimate of drug-likeness (QED) is 0.511. The first-order valence-corrected chi connectivity index (χ1v) is 10.1. The molecular weight excluding hydrogens is 346 g/mol. The maximum atomic E-state index is 10.2. The van der Waals surface area contributed by atoms with Crippen LogP contribution in [0.5, 0.6) is 5.75 Å². The lowest BCUT2D eigenvalue weighted by Gasteiger charge is -2.25. The Hall–Kier alpha value is -1.18. The van der Waals surface area contributed by atoms with Crippen LogP contribution < -0.4 is 4.74 Å². The van der Waals surface area contributed by atoms with Crippen LogP contribution in [0.15, 0.2) is 24.3 Å². The van der Waals surface area contributed by atoms with Crippen molar-refractivity contribution in [1.29, 1.82) is 0 Å². The number of aliphatic hydroxyl groups excluding tert-OH is 2. The minimum absolute atomic E-state index is 0.0314. The number of ether oxygens (including phenoxy) is 3. The topological polar surface area (TPSA) is 71.4 Å². The van der Waals surface area contributed by atoms with Gasteiger partial charge in [0.15, 0.2) is 0 Å². The van der Waals surface area contributed by atoms with Gasteiger partial charge in [0.2, 0.25) is 0 Å². The van der Waals surface area contributed by atoms with Crippen LogP contribution in [0.1, 0.15) is 37.7 Å². The molecule has 6 heteroatoms. The van der Waals surface area contributed by atoms with E-state index in [0.29, 0.717) is 39.1 Å². The minimum Gasteiger partial charge on any atom is -0.491 e. The fraction of sp³-hybridized carbons (Fsp3) is 0.714. The predicted octanol–water partition coefficient (Wildman–Crippen LogP) is 2.22. The Morgan fingerprint density at radius 2 is 1.81 bits per heavy atom. The van der Waals surface area contributed by atoms with Crippen molar-refractivity contribution in [3.63, 3.8) is 0 Å². The van der Waals surface area contributed by atoms with Crippen molar-refractivity contribution in [1.82, 2.24) is 4.90 Å². The van der Waals surface area contributed by atoms with Crippen molar-refractivity contribution >= 4 is 0 Å². The van der Waals surface area contributed by atoms with E-state index in [2.05, 4.69) is 4.90 Å². The van der Waals surface area contributed by atoms with Gasteiger partial charge in [0.05, 0.1) is 38.6 Å². The molecule has 0 spiro atoms. The summed E-state index contributed by atoms with van der Waals surface area (Å²) in [5, 5.41) is 18.9. The molecular formula is C21H35NO5. The average Bonchev–Trinajstić information content (AvgIpc) is 2.68. The molecule has 0 heterocycles. The number of benzene rings is 1. The van der Waals surface area contributed by atoms with Crippen molar-refractivity contribution in [3.05, 3.63) is 29.8 Å². The molecule has 1 aromatic carbocycles. The molecule has 1 aliphatic rings. The lowest BCUT2D eigenvalue weighted by Crippen LogP contribution is -2.33. The second-order valence-electron chi connectivity index (χ2n) is 7.27. The molecule has 0 bridgehead atoms. The summed E-state index contributed by atoms with van der Waals surface area (Å²) in [6.45, 7) is 3.07. The number of aliphatic hydroxyl groups is 2. The van der Waals surface area contributed by atoms with Crippen molar-refractivity contribution in [3.8, 4) is 5.75 Å². The number of nitrogens with zero attached hydrogens (tertiary/aromatic N) is 1. The van der Waals surface area contributed by atoms with Gasteiger partial charge in [-0.15, -0.1) is 0 Å². The van der Waals surface area contributed by atoms with E-state index in [-0.39, 0.29) is 6.61 Å². The van der Waals surface area contributed by atoms with Gasteiger partial charge in [-0.3, -0.25) is 4.90 Å². The minimum atomic E-state index is -0.460. The fourth-order valence-corrected chi connectivity index (χ4v) is 3.34. The highest BCUT2D eigenvalue weighted by Gasteiger charge is 2.16. The van der Waals surface area contributed by atoms with Crippen LogP contribution in [0.25, 0.3) is 0 Å². The molecule has 6 nitrogen and oxygen atoms in total. The highest BCUT2D eigenvalue weighted by atomic mass is 16.5. The third kappa shape index (κ3) is 9.53. The Bertz CT molecular complexity index is 490. The molecule has 0 aliphatic heterocycles. The van der Waals surface area contributed by atoms with Gasteiger partial charge in [0.25, 0.3) is 0 Å². The zero-order chi connectivity index (χ0) is 19.3. The number of hydrogen-bond donors (Lipinski definition) is 2. The number of hydrogen-bond acceptors (Lipinski definition) is 6. The van der Waals surface area contributed by atoms with Crippen molar-refractivity contribution in [2.45, 2.75) is 50.9 Å². The summed E-state index contributed by atoms with van der Waals surface area (Å²) in [6, 6.07) is 7.95. The Morgan fingerprint density at radius 3 is 2.52 bits per heavy atom. The Labute approximate surface area is 163 Å². The van der Waals surface area contributed by atoms with Crippen LogP contribution in [-0.2, 0) is 16.0 Å². The van der Waals surface area contributed by atoms with E-state index in [1.807, 2.05) is 31.3 Å². The molecule has 27 heavy (non-hydrogen) atoms. The van der Waals surface area contributed by atoms with Crippen molar-refractivity contribution in [2.24, 2.45) is 0 Å². The van der Waals surface area contributed by atoms with Crippen LogP contribution >= 0.6 is 0 Å². The first kappa shape index (κ1) is 22.1. The van der Waals surface area contributed by atoms with Gasteiger partial charge in [-0.25, -0.2) is 0 Å². The standard InChI is InChI=1S/C21H35NO5/c1-22(16-19(24)17-27-20-5-3-2-4-6-20)15-18-7-9-21(10-8-18)26-14-13-25-12-11-23/h7-10,19-20,23-24H,2-6,11-17H2,1H3. The van der Waals surface area contributed by atoms with E-state index in [0.717, 1.165) is 25.1 Å². The Kier molecular flexibility index (Phi) is 10.7. The molecule has 2 N–H and O–H groups in total. The number of likely N-dealkylation sites (N-methyl/N-ethyl adjacent to an activating group) is 1. The van der Waals surface area contributed by atoms with Crippen molar-refractivity contribution in [2.75, 3.05) is 46.6 Å². The summed E-state index contributed by atoms with van der Waals surface area (Å²) in [6.07, 6.45) is 5.94. The summed E-state index contributed by atoms with van der Waals surface area (Å²) in [5.74, 6) is 0.801. The van der Waals surface area contributed by atoms with Crippen LogP contribution in [0.4, 0.5) is 0 Å². The molecule has 0 amide bonds. The maximum absolute atomic E-state index is 10.2. The van der Waals surface area contributed by atoms with E-state index in [4.69, 9.17) is 19.3 Å². The first-order valence-electron chi connectivity index (χ1n) is 10.1. The van der Waals surface area contributed by atoms with E-state index in [1.54, 1.807) is 0 Å². The molecule has 0 saturated heterocycles. The van der Waals surface area contributed by atoms with E-state index >= 15 is 0 Å². The number of rotatable bonds is 13. The molecule has 1 saturated carbocycles. The van der Waals surface area contributed by atoms with E-state index in [1.165, 1.54) is 24.8 Å². The molecule has 1 fully saturated rings. The summed E-state index contributed by atoms with van der Waals surface area (Å²) in [5.41, 5.74) is 1.17. The Morgan fingerprint density at radius 1 is 1.07 bits per heavy atom. The summed E-state index contributed by atoms with van der Waals surface area (Å²) in [4.78, 5) is 2.10.